The highest BCUT2D eigenvalue weighted by atomic mass is 32.2. The number of nitrogens with one attached hydrogen (secondary N) is 1. The van der Waals surface area contributed by atoms with Crippen LogP contribution in [0.2, 0.25) is 0 Å². The first-order valence-corrected chi connectivity index (χ1v) is 8.31. The molecule has 0 unspecified atom stereocenters. The van der Waals surface area contributed by atoms with E-state index in [0.29, 0.717) is 18.8 Å². The number of thioether (sulfide) groups is 1. The molecule has 23 heavy (non-hydrogen) atoms. The Kier molecular flexibility index (Phi) is 6.87. The molecule has 3 nitrogen and oxygen atoms in total. The number of anilines is 1. The summed E-state index contributed by atoms with van der Waals surface area (Å²) in [5, 5.41) is 2.54. The topological polar surface area (TPSA) is 38.3 Å². The summed E-state index contributed by atoms with van der Waals surface area (Å²) in [5.74, 6) is 0.0879. The van der Waals surface area contributed by atoms with E-state index in [1.807, 2.05) is 30.3 Å². The maximum absolute atomic E-state index is 13.0. The van der Waals surface area contributed by atoms with Gasteiger partial charge in [0.25, 0.3) is 0 Å². The predicted octanol–water partition coefficient (Wildman–Crippen LogP) is 4.11. The van der Waals surface area contributed by atoms with E-state index in [-0.39, 0.29) is 11.6 Å². The SMILES string of the molecule is O=C(CCSCCOc1ccccc1)Nc1ccc(F)c(F)c1. The van der Waals surface area contributed by atoms with Crippen LogP contribution in [0.5, 0.6) is 5.75 Å². The van der Waals surface area contributed by atoms with Gasteiger partial charge in [0.2, 0.25) is 5.91 Å². The van der Waals surface area contributed by atoms with Gasteiger partial charge in [-0.15, -0.1) is 0 Å². The van der Waals surface area contributed by atoms with Crippen LogP contribution >= 0.6 is 11.8 Å². The van der Waals surface area contributed by atoms with Crippen LogP contribution in [-0.4, -0.2) is 24.0 Å². The lowest BCUT2D eigenvalue weighted by molar-refractivity contribution is -0.115. The second-order valence-electron chi connectivity index (χ2n) is 4.70. The molecular weight excluding hydrogens is 320 g/mol. The summed E-state index contributed by atoms with van der Waals surface area (Å²) in [7, 11) is 0. The molecule has 0 radical (unpaired) electrons. The fraction of sp³-hybridized carbons (Fsp3) is 0.235. The molecule has 0 spiro atoms. The molecule has 1 amide bonds. The molecule has 0 heterocycles. The third-order valence-corrected chi connectivity index (χ3v) is 3.86. The van der Waals surface area contributed by atoms with Crippen LogP contribution in [0.3, 0.4) is 0 Å². The van der Waals surface area contributed by atoms with Crippen molar-refractivity contribution in [3.05, 3.63) is 60.2 Å². The molecule has 2 rings (SSSR count). The van der Waals surface area contributed by atoms with Crippen LogP contribution < -0.4 is 10.1 Å². The quantitative estimate of drug-likeness (QED) is 0.737. The van der Waals surface area contributed by atoms with E-state index >= 15 is 0 Å². The predicted molar refractivity (Wildman–Crippen MR) is 88.9 cm³/mol. The van der Waals surface area contributed by atoms with Gasteiger partial charge >= 0.3 is 0 Å². The summed E-state index contributed by atoms with van der Waals surface area (Å²) in [6.07, 6.45) is 0.301. The Balaban J connectivity index is 1.58. The number of benzene rings is 2. The van der Waals surface area contributed by atoms with E-state index in [1.165, 1.54) is 6.07 Å². The molecule has 0 bridgehead atoms. The number of carbonyl (C=O) groups excluding carboxylic acids is 1. The van der Waals surface area contributed by atoms with Crippen molar-refractivity contribution in [1.82, 2.24) is 0 Å². The molecule has 122 valence electrons. The van der Waals surface area contributed by atoms with Crippen LogP contribution in [0.25, 0.3) is 0 Å². The summed E-state index contributed by atoms with van der Waals surface area (Å²) in [6.45, 7) is 0.569. The standard InChI is InChI=1S/C17H17F2NO2S/c18-15-7-6-13(12-16(15)19)20-17(21)8-10-23-11-9-22-14-4-2-1-3-5-14/h1-7,12H,8-11H2,(H,20,21). The molecule has 0 aliphatic carbocycles. The van der Waals surface area contributed by atoms with E-state index in [9.17, 15) is 13.6 Å². The van der Waals surface area contributed by atoms with Crippen molar-refractivity contribution in [3.8, 4) is 5.75 Å². The molecule has 0 saturated heterocycles. The van der Waals surface area contributed by atoms with Gasteiger partial charge in [-0.05, 0) is 24.3 Å². The molecule has 0 fully saturated rings. The van der Waals surface area contributed by atoms with Gasteiger partial charge < -0.3 is 10.1 Å². The molecule has 0 aromatic heterocycles. The molecule has 0 aliphatic heterocycles. The van der Waals surface area contributed by atoms with Crippen molar-refractivity contribution < 1.29 is 18.3 Å². The first-order valence-electron chi connectivity index (χ1n) is 7.15. The van der Waals surface area contributed by atoms with Gasteiger partial charge in [0.15, 0.2) is 11.6 Å². The average molecular weight is 337 g/mol. The minimum Gasteiger partial charge on any atom is -0.493 e. The molecular formula is C17H17F2NO2S. The molecule has 2 aromatic rings. The third-order valence-electron chi connectivity index (χ3n) is 2.92. The molecule has 0 aliphatic rings. The Morgan fingerprint density at radius 3 is 2.57 bits per heavy atom. The maximum atomic E-state index is 13.0. The number of carbonyl (C=O) groups is 1. The molecule has 0 atom stereocenters. The van der Waals surface area contributed by atoms with Crippen molar-refractivity contribution in [2.45, 2.75) is 6.42 Å². The Labute approximate surface area is 138 Å². The van der Waals surface area contributed by atoms with Crippen molar-refractivity contribution in [3.63, 3.8) is 0 Å². The van der Waals surface area contributed by atoms with Crippen molar-refractivity contribution in [2.24, 2.45) is 0 Å². The van der Waals surface area contributed by atoms with Gasteiger partial charge in [-0.1, -0.05) is 18.2 Å². The Morgan fingerprint density at radius 2 is 1.83 bits per heavy atom. The van der Waals surface area contributed by atoms with Crippen molar-refractivity contribution in [1.29, 1.82) is 0 Å². The van der Waals surface area contributed by atoms with Crippen LogP contribution in [0.4, 0.5) is 14.5 Å². The van der Waals surface area contributed by atoms with E-state index < -0.39 is 11.6 Å². The fourth-order valence-electron chi connectivity index (χ4n) is 1.80. The number of rotatable bonds is 8. The number of para-hydroxylation sites is 1. The zero-order valence-electron chi connectivity index (χ0n) is 12.4. The second-order valence-corrected chi connectivity index (χ2v) is 5.93. The van der Waals surface area contributed by atoms with Gasteiger partial charge in [-0.25, -0.2) is 8.78 Å². The summed E-state index contributed by atoms with van der Waals surface area (Å²) >= 11 is 1.60. The Bertz CT molecular complexity index is 638. The Hall–Kier alpha value is -2.08. The highest BCUT2D eigenvalue weighted by Crippen LogP contribution is 2.14. The third kappa shape index (κ3) is 6.28. The lowest BCUT2D eigenvalue weighted by Crippen LogP contribution is -2.13. The van der Waals surface area contributed by atoms with E-state index in [0.717, 1.165) is 23.6 Å². The number of amides is 1. The lowest BCUT2D eigenvalue weighted by atomic mass is 10.3. The summed E-state index contributed by atoms with van der Waals surface area (Å²) in [5.41, 5.74) is 0.256. The second kappa shape index (κ2) is 9.15. The lowest BCUT2D eigenvalue weighted by Gasteiger charge is -2.07. The van der Waals surface area contributed by atoms with Crippen LogP contribution in [-0.2, 0) is 4.79 Å². The molecule has 2 aromatic carbocycles. The minimum absolute atomic E-state index is 0.229. The average Bonchev–Trinajstić information content (AvgIpc) is 2.55. The first-order chi connectivity index (χ1) is 11.1. The van der Waals surface area contributed by atoms with Gasteiger partial charge in [0.05, 0.1) is 6.61 Å². The van der Waals surface area contributed by atoms with Crippen LogP contribution in [0, 0.1) is 11.6 Å². The first kappa shape index (κ1) is 17.3. The zero-order valence-corrected chi connectivity index (χ0v) is 13.2. The highest BCUT2D eigenvalue weighted by molar-refractivity contribution is 7.99. The van der Waals surface area contributed by atoms with Gasteiger partial charge in [-0.2, -0.15) is 11.8 Å². The number of hydrogen-bond donors (Lipinski definition) is 1. The van der Waals surface area contributed by atoms with Gasteiger partial charge in [0, 0.05) is 29.7 Å². The van der Waals surface area contributed by atoms with Crippen molar-refractivity contribution in [2.75, 3.05) is 23.4 Å². The summed E-state index contributed by atoms with van der Waals surface area (Å²) in [4.78, 5) is 11.7. The van der Waals surface area contributed by atoms with Gasteiger partial charge in [-0.3, -0.25) is 4.79 Å². The number of halogens is 2. The van der Waals surface area contributed by atoms with Crippen LogP contribution in [0.15, 0.2) is 48.5 Å². The summed E-state index contributed by atoms with van der Waals surface area (Å²) < 4.78 is 31.3. The highest BCUT2D eigenvalue weighted by Gasteiger charge is 2.06. The van der Waals surface area contributed by atoms with E-state index in [2.05, 4.69) is 5.32 Å². The van der Waals surface area contributed by atoms with Gasteiger partial charge in [0.1, 0.15) is 5.75 Å². The van der Waals surface area contributed by atoms with E-state index in [1.54, 1.807) is 11.8 Å². The molecule has 6 heteroatoms. The monoisotopic (exact) mass is 337 g/mol. The molecule has 0 saturated carbocycles. The number of hydrogen-bond acceptors (Lipinski definition) is 3. The summed E-state index contributed by atoms with van der Waals surface area (Å²) in [6, 6.07) is 12.8. The Morgan fingerprint density at radius 1 is 1.04 bits per heavy atom. The minimum atomic E-state index is -0.977. The van der Waals surface area contributed by atoms with Crippen molar-refractivity contribution >= 4 is 23.4 Å². The smallest absolute Gasteiger partial charge is 0.225 e. The molecule has 1 N–H and O–H groups in total. The zero-order chi connectivity index (χ0) is 16.5. The number of ether oxygens (including phenoxy) is 1. The normalized spacial score (nSPS) is 10.3. The maximum Gasteiger partial charge on any atom is 0.225 e. The fourth-order valence-corrected chi connectivity index (χ4v) is 2.53. The van der Waals surface area contributed by atoms with Crippen LogP contribution in [0.1, 0.15) is 6.42 Å². The van der Waals surface area contributed by atoms with E-state index in [4.69, 9.17) is 4.74 Å². The largest absolute Gasteiger partial charge is 0.493 e.